The number of carbonyl (C=O) groups is 1. The average Bonchev–Trinajstić information content (AvgIpc) is 2.70. The molecule has 2 unspecified atom stereocenters. The van der Waals surface area contributed by atoms with Crippen molar-refractivity contribution in [1.82, 2.24) is 9.88 Å². The molecule has 1 amide bonds. The fourth-order valence-corrected chi connectivity index (χ4v) is 2.41. The minimum absolute atomic E-state index is 0.00914. The number of hydrogen-bond donors (Lipinski definition) is 1. The van der Waals surface area contributed by atoms with E-state index in [-0.39, 0.29) is 18.6 Å². The van der Waals surface area contributed by atoms with E-state index in [0.717, 1.165) is 6.42 Å². The Balaban J connectivity index is 2.24. The number of aliphatic hydroxyl groups is 1. The third kappa shape index (κ3) is 2.28. The molecule has 5 heteroatoms. The van der Waals surface area contributed by atoms with Crippen LogP contribution in [0.25, 0.3) is 0 Å². The first kappa shape index (κ1) is 12.3. The molecule has 1 aliphatic rings. The summed E-state index contributed by atoms with van der Waals surface area (Å²) in [7, 11) is 0. The molecule has 0 saturated carbocycles. The molecule has 2 rings (SSSR count). The summed E-state index contributed by atoms with van der Waals surface area (Å²) in [5, 5.41) is 9.73. The van der Waals surface area contributed by atoms with Crippen LogP contribution in [-0.2, 0) is 0 Å². The maximum Gasteiger partial charge on any atom is 0.257 e. The molecule has 1 aliphatic heterocycles. The van der Waals surface area contributed by atoms with Gasteiger partial charge in [-0.25, -0.2) is 0 Å². The van der Waals surface area contributed by atoms with E-state index in [1.807, 2.05) is 6.92 Å². The lowest BCUT2D eigenvalue weighted by Gasteiger charge is -2.25. The molecule has 2 heterocycles. The first-order valence-corrected chi connectivity index (χ1v) is 6.04. The van der Waals surface area contributed by atoms with Crippen molar-refractivity contribution in [3.63, 3.8) is 0 Å². The van der Waals surface area contributed by atoms with Gasteiger partial charge in [0.05, 0.1) is 23.2 Å². The minimum atomic E-state index is -0.147. The molecule has 0 radical (unpaired) electrons. The Labute approximate surface area is 105 Å². The number of halogens is 1. The van der Waals surface area contributed by atoms with Crippen molar-refractivity contribution in [2.24, 2.45) is 5.92 Å². The highest BCUT2D eigenvalue weighted by molar-refractivity contribution is 6.33. The lowest BCUT2D eigenvalue weighted by Crippen LogP contribution is -2.40. The molecular weight excluding hydrogens is 240 g/mol. The van der Waals surface area contributed by atoms with Gasteiger partial charge in [-0.3, -0.25) is 9.78 Å². The van der Waals surface area contributed by atoms with Crippen LogP contribution >= 0.6 is 11.6 Å². The summed E-state index contributed by atoms with van der Waals surface area (Å²) in [6.07, 6.45) is 3.94. The van der Waals surface area contributed by atoms with Crippen LogP contribution in [-0.4, -0.2) is 40.1 Å². The number of nitrogens with zero attached hydrogens (tertiary/aromatic N) is 2. The Morgan fingerprint density at radius 3 is 3.12 bits per heavy atom. The minimum Gasteiger partial charge on any atom is -0.394 e. The summed E-state index contributed by atoms with van der Waals surface area (Å²) < 4.78 is 0. The van der Waals surface area contributed by atoms with E-state index in [1.165, 1.54) is 6.20 Å². The van der Waals surface area contributed by atoms with E-state index >= 15 is 0 Å². The Bertz CT molecular complexity index is 425. The van der Waals surface area contributed by atoms with Crippen molar-refractivity contribution in [3.8, 4) is 0 Å². The van der Waals surface area contributed by atoms with Crippen molar-refractivity contribution in [3.05, 3.63) is 29.0 Å². The smallest absolute Gasteiger partial charge is 0.257 e. The van der Waals surface area contributed by atoms with Crippen LogP contribution in [0.2, 0.25) is 5.02 Å². The van der Waals surface area contributed by atoms with E-state index < -0.39 is 0 Å². The van der Waals surface area contributed by atoms with Gasteiger partial charge in [-0.05, 0) is 18.4 Å². The van der Waals surface area contributed by atoms with Crippen LogP contribution in [0.3, 0.4) is 0 Å². The SMILES string of the molecule is CC1CCN(C(=O)c2cnccc2Cl)C1CO. The van der Waals surface area contributed by atoms with Gasteiger partial charge in [0.15, 0.2) is 0 Å². The number of carbonyl (C=O) groups excluding carboxylic acids is 1. The molecule has 1 aromatic heterocycles. The van der Waals surface area contributed by atoms with E-state index in [9.17, 15) is 9.90 Å². The number of likely N-dealkylation sites (tertiary alicyclic amines) is 1. The van der Waals surface area contributed by atoms with Gasteiger partial charge in [0.1, 0.15) is 0 Å². The number of amides is 1. The molecular formula is C12H15ClN2O2. The molecule has 0 aromatic carbocycles. The first-order valence-electron chi connectivity index (χ1n) is 5.66. The molecule has 2 atom stereocenters. The molecule has 4 nitrogen and oxygen atoms in total. The second-order valence-corrected chi connectivity index (χ2v) is 4.78. The van der Waals surface area contributed by atoms with E-state index in [2.05, 4.69) is 4.98 Å². The molecule has 1 fully saturated rings. The normalized spacial score (nSPS) is 24.1. The third-order valence-corrected chi connectivity index (χ3v) is 3.66. The van der Waals surface area contributed by atoms with Crippen molar-refractivity contribution in [1.29, 1.82) is 0 Å². The lowest BCUT2D eigenvalue weighted by molar-refractivity contribution is 0.0648. The molecule has 0 spiro atoms. The average molecular weight is 255 g/mol. The molecule has 92 valence electrons. The summed E-state index contributed by atoms with van der Waals surface area (Å²) in [6, 6.07) is 1.49. The maximum atomic E-state index is 12.3. The van der Waals surface area contributed by atoms with Crippen LogP contribution < -0.4 is 0 Å². The molecule has 1 aromatic rings. The Hall–Kier alpha value is -1.13. The van der Waals surface area contributed by atoms with Gasteiger partial charge < -0.3 is 10.0 Å². The van der Waals surface area contributed by atoms with Crippen molar-refractivity contribution in [2.45, 2.75) is 19.4 Å². The summed E-state index contributed by atoms with van der Waals surface area (Å²) in [5.74, 6) is 0.172. The van der Waals surface area contributed by atoms with Crippen LogP contribution in [0.15, 0.2) is 18.5 Å². The molecule has 1 saturated heterocycles. The zero-order valence-corrected chi connectivity index (χ0v) is 10.4. The van der Waals surface area contributed by atoms with Crippen LogP contribution in [0.4, 0.5) is 0 Å². The van der Waals surface area contributed by atoms with E-state index in [0.29, 0.717) is 23.0 Å². The molecule has 1 N–H and O–H groups in total. The second-order valence-electron chi connectivity index (χ2n) is 4.37. The number of aliphatic hydroxyl groups excluding tert-OH is 1. The Morgan fingerprint density at radius 1 is 1.71 bits per heavy atom. The molecule has 0 bridgehead atoms. The highest BCUT2D eigenvalue weighted by Gasteiger charge is 2.34. The largest absolute Gasteiger partial charge is 0.394 e. The van der Waals surface area contributed by atoms with Gasteiger partial charge in [-0.2, -0.15) is 0 Å². The molecule has 17 heavy (non-hydrogen) atoms. The van der Waals surface area contributed by atoms with Crippen LogP contribution in [0.5, 0.6) is 0 Å². The number of rotatable bonds is 2. The topological polar surface area (TPSA) is 53.4 Å². The van der Waals surface area contributed by atoms with Gasteiger partial charge in [-0.1, -0.05) is 18.5 Å². The zero-order chi connectivity index (χ0) is 12.4. The van der Waals surface area contributed by atoms with Crippen LogP contribution in [0, 0.1) is 5.92 Å². The monoisotopic (exact) mass is 254 g/mol. The second kappa shape index (κ2) is 5.02. The van der Waals surface area contributed by atoms with E-state index in [1.54, 1.807) is 17.2 Å². The van der Waals surface area contributed by atoms with Gasteiger partial charge in [-0.15, -0.1) is 0 Å². The molecule has 0 aliphatic carbocycles. The standard InChI is InChI=1S/C12H15ClN2O2/c1-8-3-5-15(11(8)7-16)12(17)9-6-14-4-2-10(9)13/h2,4,6,8,11,16H,3,5,7H2,1H3. The van der Waals surface area contributed by atoms with Crippen molar-refractivity contribution >= 4 is 17.5 Å². The summed E-state index contributed by atoms with van der Waals surface area (Å²) in [4.78, 5) is 17.9. The highest BCUT2D eigenvalue weighted by atomic mass is 35.5. The Kier molecular flexibility index (Phi) is 3.64. The first-order chi connectivity index (χ1) is 8.15. The van der Waals surface area contributed by atoms with Crippen LogP contribution in [0.1, 0.15) is 23.7 Å². The predicted octanol–water partition coefficient (Wildman–Crippen LogP) is 1.58. The van der Waals surface area contributed by atoms with Crippen molar-refractivity contribution in [2.75, 3.05) is 13.2 Å². The maximum absolute atomic E-state index is 12.3. The summed E-state index contributed by atoms with van der Waals surface area (Å²) in [5.41, 5.74) is 0.404. The van der Waals surface area contributed by atoms with Gasteiger partial charge in [0.2, 0.25) is 0 Å². The third-order valence-electron chi connectivity index (χ3n) is 3.33. The number of aromatic nitrogens is 1. The fourth-order valence-electron chi connectivity index (χ4n) is 2.23. The summed E-state index contributed by atoms with van der Waals surface area (Å²) >= 11 is 5.97. The van der Waals surface area contributed by atoms with Gasteiger partial charge in [0, 0.05) is 18.9 Å². The van der Waals surface area contributed by atoms with Crippen molar-refractivity contribution < 1.29 is 9.90 Å². The fraction of sp³-hybridized carbons (Fsp3) is 0.500. The van der Waals surface area contributed by atoms with Gasteiger partial charge in [0.25, 0.3) is 5.91 Å². The number of hydrogen-bond acceptors (Lipinski definition) is 3. The Morgan fingerprint density at radius 2 is 2.47 bits per heavy atom. The zero-order valence-electron chi connectivity index (χ0n) is 9.64. The number of pyridine rings is 1. The highest BCUT2D eigenvalue weighted by Crippen LogP contribution is 2.26. The quantitative estimate of drug-likeness (QED) is 0.872. The lowest BCUT2D eigenvalue weighted by atomic mass is 10.0. The van der Waals surface area contributed by atoms with E-state index in [4.69, 9.17) is 11.6 Å². The predicted molar refractivity (Wildman–Crippen MR) is 64.9 cm³/mol. The summed E-state index contributed by atoms with van der Waals surface area (Å²) in [6.45, 7) is 2.69. The van der Waals surface area contributed by atoms with Gasteiger partial charge >= 0.3 is 0 Å².